The van der Waals surface area contributed by atoms with E-state index in [1.807, 2.05) is 11.0 Å². The van der Waals surface area contributed by atoms with Gasteiger partial charge >= 0.3 is 0 Å². The summed E-state index contributed by atoms with van der Waals surface area (Å²) < 4.78 is 0. The maximum absolute atomic E-state index is 11.9. The third-order valence-corrected chi connectivity index (χ3v) is 6.09. The van der Waals surface area contributed by atoms with Gasteiger partial charge in [0.05, 0.1) is 13.1 Å². The number of likely N-dealkylation sites (N-methyl/N-ethyl adjacent to an activating group) is 1. The molecule has 0 saturated carbocycles. The van der Waals surface area contributed by atoms with Gasteiger partial charge in [-0.15, -0.1) is 0 Å². The molecule has 2 fully saturated rings. The molecule has 8 heteroatoms. The summed E-state index contributed by atoms with van der Waals surface area (Å²) in [5.74, 6) is 1.24. The summed E-state index contributed by atoms with van der Waals surface area (Å²) in [5.41, 5.74) is 2.30. The normalized spacial score (nSPS) is 18.2. The van der Waals surface area contributed by atoms with Crippen LogP contribution < -0.4 is 10.6 Å². The number of hydrogen-bond acceptors (Lipinski definition) is 4. The molecule has 8 nitrogen and oxygen atoms in total. The SMILES string of the molecule is CCNC(=NCc1cccc(CN2CCCC2=O)c1)NC1CCN(CC(=O)N(C)C)CC1. The number of amides is 2. The summed E-state index contributed by atoms with van der Waals surface area (Å²) in [6, 6.07) is 8.72. The molecule has 1 aromatic rings. The number of rotatable bonds is 8. The lowest BCUT2D eigenvalue weighted by Gasteiger charge is -2.33. The first-order valence-electron chi connectivity index (χ1n) is 11.8. The van der Waals surface area contributed by atoms with E-state index < -0.39 is 0 Å². The molecule has 2 saturated heterocycles. The number of likely N-dealkylation sites (tertiary alicyclic amines) is 2. The number of nitrogens with one attached hydrogen (secondary N) is 2. The van der Waals surface area contributed by atoms with Gasteiger partial charge in [0.2, 0.25) is 11.8 Å². The van der Waals surface area contributed by atoms with Crippen LogP contribution >= 0.6 is 0 Å². The quantitative estimate of drug-likeness (QED) is 0.470. The molecule has 0 unspecified atom stereocenters. The molecule has 2 heterocycles. The fourth-order valence-electron chi connectivity index (χ4n) is 4.17. The molecule has 2 aliphatic heterocycles. The van der Waals surface area contributed by atoms with Crippen molar-refractivity contribution in [1.82, 2.24) is 25.3 Å². The van der Waals surface area contributed by atoms with Crippen LogP contribution in [-0.4, -0.2) is 85.3 Å². The Morgan fingerprint density at radius 2 is 1.94 bits per heavy atom. The van der Waals surface area contributed by atoms with Crippen molar-refractivity contribution in [3.63, 3.8) is 0 Å². The lowest BCUT2D eigenvalue weighted by molar-refractivity contribution is -0.130. The van der Waals surface area contributed by atoms with Crippen molar-refractivity contribution in [2.75, 3.05) is 46.8 Å². The van der Waals surface area contributed by atoms with Crippen molar-refractivity contribution in [2.45, 2.75) is 51.7 Å². The van der Waals surface area contributed by atoms with Crippen LogP contribution in [0.25, 0.3) is 0 Å². The largest absolute Gasteiger partial charge is 0.357 e. The van der Waals surface area contributed by atoms with Crippen molar-refractivity contribution in [1.29, 1.82) is 0 Å². The first kappa shape index (κ1) is 24.0. The van der Waals surface area contributed by atoms with Crippen molar-refractivity contribution in [3.05, 3.63) is 35.4 Å². The van der Waals surface area contributed by atoms with Crippen LogP contribution in [0.4, 0.5) is 0 Å². The Morgan fingerprint density at radius 3 is 2.59 bits per heavy atom. The van der Waals surface area contributed by atoms with E-state index in [2.05, 4.69) is 40.7 Å². The van der Waals surface area contributed by atoms with Crippen molar-refractivity contribution in [3.8, 4) is 0 Å². The van der Waals surface area contributed by atoms with E-state index in [1.54, 1.807) is 19.0 Å². The first-order valence-corrected chi connectivity index (χ1v) is 11.8. The van der Waals surface area contributed by atoms with Crippen molar-refractivity contribution < 1.29 is 9.59 Å². The van der Waals surface area contributed by atoms with Crippen LogP contribution in [0.3, 0.4) is 0 Å². The lowest BCUT2D eigenvalue weighted by atomic mass is 10.1. The molecule has 0 aromatic heterocycles. The third-order valence-electron chi connectivity index (χ3n) is 6.09. The fourth-order valence-corrected chi connectivity index (χ4v) is 4.17. The van der Waals surface area contributed by atoms with E-state index in [1.165, 1.54) is 0 Å². The second-order valence-corrected chi connectivity index (χ2v) is 8.92. The van der Waals surface area contributed by atoms with E-state index in [9.17, 15) is 9.59 Å². The zero-order chi connectivity index (χ0) is 22.9. The summed E-state index contributed by atoms with van der Waals surface area (Å²) in [4.78, 5) is 34.4. The molecule has 2 N–H and O–H groups in total. The predicted molar refractivity (Wildman–Crippen MR) is 127 cm³/mol. The zero-order valence-electron chi connectivity index (χ0n) is 19.8. The van der Waals surface area contributed by atoms with Crippen LogP contribution in [0.15, 0.2) is 29.3 Å². The number of carbonyl (C=O) groups is 2. The number of carbonyl (C=O) groups excluding carboxylic acids is 2. The molecular weight excluding hydrogens is 404 g/mol. The average molecular weight is 443 g/mol. The van der Waals surface area contributed by atoms with Crippen LogP contribution in [0.5, 0.6) is 0 Å². The van der Waals surface area contributed by atoms with Gasteiger partial charge in [-0.25, -0.2) is 4.99 Å². The molecular formula is C24H38N6O2. The molecule has 0 aliphatic carbocycles. The number of piperidine rings is 1. The second kappa shape index (κ2) is 11.9. The standard InChI is InChI=1S/C24H38N6O2/c1-4-25-24(27-21-10-13-29(14-11-21)18-23(32)28(2)3)26-16-19-7-5-8-20(15-19)17-30-12-6-9-22(30)31/h5,7-8,15,21H,4,6,9-14,16-18H2,1-3H3,(H2,25,26,27). The summed E-state index contributed by atoms with van der Waals surface area (Å²) in [6.07, 6.45) is 3.62. The van der Waals surface area contributed by atoms with E-state index in [4.69, 9.17) is 4.99 Å². The highest BCUT2D eigenvalue weighted by molar-refractivity contribution is 5.80. The smallest absolute Gasteiger partial charge is 0.236 e. The Balaban J connectivity index is 1.51. The Labute approximate surface area is 192 Å². The van der Waals surface area contributed by atoms with Gasteiger partial charge in [-0.05, 0) is 37.3 Å². The highest BCUT2D eigenvalue weighted by Crippen LogP contribution is 2.16. The van der Waals surface area contributed by atoms with Gasteiger partial charge in [-0.2, -0.15) is 0 Å². The van der Waals surface area contributed by atoms with Gasteiger partial charge in [-0.1, -0.05) is 24.3 Å². The van der Waals surface area contributed by atoms with Crippen molar-refractivity contribution in [2.24, 2.45) is 4.99 Å². The number of nitrogens with zero attached hydrogens (tertiary/aromatic N) is 4. The highest BCUT2D eigenvalue weighted by Gasteiger charge is 2.22. The van der Waals surface area contributed by atoms with E-state index in [-0.39, 0.29) is 11.8 Å². The minimum absolute atomic E-state index is 0.155. The van der Waals surface area contributed by atoms with Gasteiger partial charge in [0.1, 0.15) is 0 Å². The number of aliphatic imine (C=N–C) groups is 1. The van der Waals surface area contributed by atoms with Crippen molar-refractivity contribution >= 4 is 17.8 Å². The number of benzene rings is 1. The van der Waals surface area contributed by atoms with E-state index >= 15 is 0 Å². The Bertz CT molecular complexity index is 801. The van der Waals surface area contributed by atoms with Gasteiger partial charge in [0, 0.05) is 59.3 Å². The highest BCUT2D eigenvalue weighted by atomic mass is 16.2. The average Bonchev–Trinajstić information content (AvgIpc) is 3.18. The van der Waals surface area contributed by atoms with Crippen LogP contribution in [0.1, 0.15) is 43.7 Å². The Hall–Kier alpha value is -2.61. The van der Waals surface area contributed by atoms with Crippen LogP contribution in [0, 0.1) is 0 Å². The molecule has 1 aromatic carbocycles. The third kappa shape index (κ3) is 7.22. The first-order chi connectivity index (χ1) is 15.4. The molecule has 32 heavy (non-hydrogen) atoms. The minimum Gasteiger partial charge on any atom is -0.357 e. The summed E-state index contributed by atoms with van der Waals surface area (Å²) in [7, 11) is 3.61. The molecule has 0 bridgehead atoms. The van der Waals surface area contributed by atoms with Gasteiger partial charge in [0.25, 0.3) is 0 Å². The van der Waals surface area contributed by atoms with Crippen LogP contribution in [0.2, 0.25) is 0 Å². The Morgan fingerprint density at radius 1 is 1.19 bits per heavy atom. The molecule has 0 atom stereocenters. The van der Waals surface area contributed by atoms with E-state index in [0.717, 1.165) is 62.5 Å². The Kier molecular flexibility index (Phi) is 8.90. The summed E-state index contributed by atoms with van der Waals surface area (Å²) >= 11 is 0. The predicted octanol–water partition coefficient (Wildman–Crippen LogP) is 1.42. The second-order valence-electron chi connectivity index (χ2n) is 8.92. The molecule has 0 spiro atoms. The monoisotopic (exact) mass is 442 g/mol. The topological polar surface area (TPSA) is 80.3 Å². The molecule has 2 amide bonds. The maximum atomic E-state index is 11.9. The summed E-state index contributed by atoms with van der Waals surface area (Å²) in [5, 5.41) is 6.92. The maximum Gasteiger partial charge on any atom is 0.236 e. The van der Waals surface area contributed by atoms with Crippen LogP contribution in [-0.2, 0) is 22.7 Å². The fraction of sp³-hybridized carbons (Fsp3) is 0.625. The lowest BCUT2D eigenvalue weighted by Crippen LogP contribution is -2.50. The number of hydrogen-bond donors (Lipinski definition) is 2. The van der Waals surface area contributed by atoms with Gasteiger partial charge < -0.3 is 20.4 Å². The van der Waals surface area contributed by atoms with Gasteiger partial charge in [0.15, 0.2) is 5.96 Å². The van der Waals surface area contributed by atoms with Gasteiger partial charge in [-0.3, -0.25) is 14.5 Å². The molecule has 2 aliphatic rings. The van der Waals surface area contributed by atoms with E-state index in [0.29, 0.717) is 32.1 Å². The minimum atomic E-state index is 0.155. The zero-order valence-corrected chi connectivity index (χ0v) is 19.8. The molecule has 176 valence electrons. The number of guanidine groups is 1. The molecule has 0 radical (unpaired) electrons. The summed E-state index contributed by atoms with van der Waals surface area (Å²) in [6.45, 7) is 7.32. The molecule has 3 rings (SSSR count).